The van der Waals surface area contributed by atoms with Gasteiger partial charge in [-0.3, -0.25) is 14.5 Å². The summed E-state index contributed by atoms with van der Waals surface area (Å²) in [4.78, 5) is 32.8. The molecule has 1 amide bonds. The molecule has 1 atom stereocenters. The fourth-order valence-electron chi connectivity index (χ4n) is 4.29. The largest absolute Gasteiger partial charge is 0.468 e. The van der Waals surface area contributed by atoms with Crippen molar-refractivity contribution in [2.24, 2.45) is 0 Å². The van der Waals surface area contributed by atoms with Gasteiger partial charge in [0.25, 0.3) is 0 Å². The number of nitrogens with zero attached hydrogens (tertiary/aromatic N) is 2. The number of esters is 1. The van der Waals surface area contributed by atoms with Gasteiger partial charge in [-0.05, 0) is 55.5 Å². The third kappa shape index (κ3) is 5.74. The Kier molecular flexibility index (Phi) is 7.81. The van der Waals surface area contributed by atoms with E-state index in [0.29, 0.717) is 29.6 Å². The summed E-state index contributed by atoms with van der Waals surface area (Å²) in [7, 11) is 1.38. The Morgan fingerprint density at radius 2 is 1.91 bits per heavy atom. The van der Waals surface area contributed by atoms with Crippen molar-refractivity contribution in [3.8, 4) is 0 Å². The van der Waals surface area contributed by atoms with Crippen LogP contribution in [0.4, 0.5) is 0 Å². The first-order chi connectivity index (χ1) is 16.4. The zero-order valence-corrected chi connectivity index (χ0v) is 20.9. The van der Waals surface area contributed by atoms with Crippen LogP contribution in [-0.4, -0.2) is 58.9 Å². The molecule has 3 aromatic rings. The number of benzene rings is 2. The minimum atomic E-state index is -0.470. The molecule has 1 aliphatic carbocycles. The predicted molar refractivity (Wildman–Crippen MR) is 135 cm³/mol. The number of carbonyl (C=O) groups is 2. The van der Waals surface area contributed by atoms with Crippen LogP contribution in [0.15, 0.2) is 48.7 Å². The Morgan fingerprint density at radius 3 is 2.62 bits per heavy atom. The summed E-state index contributed by atoms with van der Waals surface area (Å²) >= 11 is 12.3. The highest BCUT2D eigenvalue weighted by atomic mass is 35.5. The number of H-pyrrole nitrogens is 1. The Hall–Kier alpha value is -2.54. The quantitative estimate of drug-likeness (QED) is 0.393. The van der Waals surface area contributed by atoms with E-state index in [-0.39, 0.29) is 24.5 Å². The van der Waals surface area contributed by atoms with Gasteiger partial charge in [0.1, 0.15) is 6.04 Å². The Bertz CT molecular complexity index is 1180. The molecule has 34 heavy (non-hydrogen) atoms. The van der Waals surface area contributed by atoms with E-state index in [1.54, 1.807) is 19.1 Å². The number of ether oxygens (including phenoxy) is 1. The van der Waals surface area contributed by atoms with E-state index in [4.69, 9.17) is 27.9 Å². The van der Waals surface area contributed by atoms with E-state index in [0.717, 1.165) is 34.9 Å². The van der Waals surface area contributed by atoms with Crippen molar-refractivity contribution in [2.75, 3.05) is 20.2 Å². The van der Waals surface area contributed by atoms with Crippen LogP contribution in [0, 0.1) is 0 Å². The standard InChI is InChI=1S/C26H29Cl2N3O3/c1-17(26(33)34-2)31(20-8-9-20)16-25(32)30(15-18-7-10-22(27)23(28)13-18)12-11-19-14-29-24-6-4-3-5-21(19)24/h3-7,10,13-14,17,20,29H,8-9,11-12,15-16H2,1-2H3. The molecule has 180 valence electrons. The van der Waals surface area contributed by atoms with Crippen molar-refractivity contribution in [2.45, 2.75) is 44.8 Å². The molecule has 1 saturated carbocycles. The van der Waals surface area contributed by atoms with Crippen molar-refractivity contribution in [3.05, 3.63) is 69.8 Å². The number of aromatic amines is 1. The molecule has 1 aliphatic rings. The normalized spacial score (nSPS) is 14.4. The fourth-order valence-corrected chi connectivity index (χ4v) is 4.62. The molecule has 0 saturated heterocycles. The van der Waals surface area contributed by atoms with E-state index in [1.165, 1.54) is 7.11 Å². The highest BCUT2D eigenvalue weighted by Crippen LogP contribution is 2.29. The van der Waals surface area contributed by atoms with Gasteiger partial charge in [-0.2, -0.15) is 0 Å². The second-order valence-corrected chi connectivity index (χ2v) is 9.59. The molecule has 6 nitrogen and oxygen atoms in total. The third-order valence-electron chi connectivity index (χ3n) is 6.41. The first kappa shape index (κ1) is 24.6. The van der Waals surface area contributed by atoms with E-state index < -0.39 is 6.04 Å². The number of aromatic nitrogens is 1. The number of hydrogen-bond acceptors (Lipinski definition) is 4. The molecule has 1 heterocycles. The van der Waals surface area contributed by atoms with E-state index in [9.17, 15) is 9.59 Å². The summed E-state index contributed by atoms with van der Waals surface area (Å²) in [6.45, 7) is 2.90. The number of amides is 1. The smallest absolute Gasteiger partial charge is 0.322 e. The summed E-state index contributed by atoms with van der Waals surface area (Å²) in [6.07, 6.45) is 4.67. The number of fused-ring (bicyclic) bond motifs is 1. The first-order valence-electron chi connectivity index (χ1n) is 11.5. The topological polar surface area (TPSA) is 65.6 Å². The zero-order chi connectivity index (χ0) is 24.2. The van der Waals surface area contributed by atoms with Crippen LogP contribution in [0.5, 0.6) is 0 Å². The molecule has 0 aliphatic heterocycles. The fraction of sp³-hybridized carbons (Fsp3) is 0.385. The number of para-hydroxylation sites is 1. The van der Waals surface area contributed by atoms with Crippen molar-refractivity contribution in [1.82, 2.24) is 14.8 Å². The molecule has 1 N–H and O–H groups in total. The summed E-state index contributed by atoms with van der Waals surface area (Å²) in [5, 5.41) is 2.10. The minimum absolute atomic E-state index is 0.0337. The Balaban J connectivity index is 1.53. The maximum Gasteiger partial charge on any atom is 0.322 e. The van der Waals surface area contributed by atoms with Crippen LogP contribution in [0.1, 0.15) is 30.9 Å². The Morgan fingerprint density at radius 1 is 1.15 bits per heavy atom. The highest BCUT2D eigenvalue weighted by molar-refractivity contribution is 6.42. The summed E-state index contributed by atoms with van der Waals surface area (Å²) < 4.78 is 4.93. The lowest BCUT2D eigenvalue weighted by molar-refractivity contribution is -0.148. The lowest BCUT2D eigenvalue weighted by Crippen LogP contribution is -2.48. The van der Waals surface area contributed by atoms with Gasteiger partial charge in [0.15, 0.2) is 0 Å². The molecule has 0 bridgehead atoms. The van der Waals surface area contributed by atoms with Crippen molar-refractivity contribution < 1.29 is 14.3 Å². The van der Waals surface area contributed by atoms with E-state index >= 15 is 0 Å². The molecule has 0 radical (unpaired) electrons. The number of rotatable bonds is 10. The van der Waals surface area contributed by atoms with Crippen LogP contribution < -0.4 is 0 Å². The van der Waals surface area contributed by atoms with Crippen molar-refractivity contribution in [1.29, 1.82) is 0 Å². The minimum Gasteiger partial charge on any atom is -0.468 e. The lowest BCUT2D eigenvalue weighted by atomic mass is 10.1. The second kappa shape index (κ2) is 10.8. The highest BCUT2D eigenvalue weighted by Gasteiger charge is 2.37. The molecule has 1 unspecified atom stereocenters. The lowest BCUT2D eigenvalue weighted by Gasteiger charge is -2.30. The van der Waals surface area contributed by atoms with Gasteiger partial charge >= 0.3 is 5.97 Å². The molecular formula is C26H29Cl2N3O3. The Labute approximate surface area is 209 Å². The monoisotopic (exact) mass is 501 g/mol. The van der Waals surface area contributed by atoms with Crippen LogP contribution in [0.3, 0.4) is 0 Å². The number of hydrogen-bond donors (Lipinski definition) is 1. The van der Waals surface area contributed by atoms with Gasteiger partial charge in [0.2, 0.25) is 5.91 Å². The maximum absolute atomic E-state index is 13.5. The van der Waals surface area contributed by atoms with E-state index in [2.05, 4.69) is 11.1 Å². The second-order valence-electron chi connectivity index (χ2n) is 8.78. The predicted octanol–water partition coefficient (Wildman–Crippen LogP) is 5.07. The average molecular weight is 502 g/mol. The zero-order valence-electron chi connectivity index (χ0n) is 19.4. The summed E-state index contributed by atoms with van der Waals surface area (Å²) in [5.74, 6) is -0.358. The van der Waals surface area contributed by atoms with Gasteiger partial charge in [0.05, 0.1) is 23.7 Å². The van der Waals surface area contributed by atoms with Gasteiger partial charge in [-0.15, -0.1) is 0 Å². The van der Waals surface area contributed by atoms with Crippen LogP contribution in [0.25, 0.3) is 10.9 Å². The van der Waals surface area contributed by atoms with E-state index in [1.807, 2.05) is 40.3 Å². The van der Waals surface area contributed by atoms with Gasteiger partial charge in [-0.1, -0.05) is 47.5 Å². The number of carbonyl (C=O) groups excluding carboxylic acids is 2. The molecule has 8 heteroatoms. The third-order valence-corrected chi connectivity index (χ3v) is 7.15. The molecule has 1 fully saturated rings. The number of methoxy groups -OCH3 is 1. The van der Waals surface area contributed by atoms with Gasteiger partial charge < -0.3 is 14.6 Å². The molecule has 4 rings (SSSR count). The van der Waals surface area contributed by atoms with Crippen molar-refractivity contribution in [3.63, 3.8) is 0 Å². The number of nitrogens with one attached hydrogen (secondary N) is 1. The molecular weight excluding hydrogens is 473 g/mol. The molecule has 0 spiro atoms. The number of halogens is 2. The summed E-state index contributed by atoms with van der Waals surface area (Å²) in [6, 6.07) is 13.3. The van der Waals surface area contributed by atoms with Crippen LogP contribution in [-0.2, 0) is 27.3 Å². The molecule has 1 aromatic heterocycles. The van der Waals surface area contributed by atoms with Crippen LogP contribution in [0.2, 0.25) is 10.0 Å². The van der Waals surface area contributed by atoms with Gasteiger partial charge in [0, 0.05) is 36.2 Å². The van der Waals surface area contributed by atoms with Crippen molar-refractivity contribution >= 4 is 46.0 Å². The summed E-state index contributed by atoms with van der Waals surface area (Å²) in [5.41, 5.74) is 3.14. The average Bonchev–Trinajstić information content (AvgIpc) is 3.60. The van der Waals surface area contributed by atoms with Gasteiger partial charge in [-0.25, -0.2) is 0 Å². The first-order valence-corrected chi connectivity index (χ1v) is 12.2. The molecule has 2 aromatic carbocycles. The maximum atomic E-state index is 13.5. The SMILES string of the molecule is COC(=O)C(C)N(CC(=O)N(CCc1c[nH]c2ccccc12)Cc1ccc(Cl)c(Cl)c1)C1CC1. The van der Waals surface area contributed by atoms with Crippen LogP contribution >= 0.6 is 23.2 Å².